The van der Waals surface area contributed by atoms with Crippen LogP contribution < -0.4 is 0 Å². The molecule has 0 bridgehead atoms. The van der Waals surface area contributed by atoms with Crippen LogP contribution in [0.3, 0.4) is 0 Å². The zero-order chi connectivity index (χ0) is 15.1. The monoisotopic (exact) mass is 291 g/mol. The van der Waals surface area contributed by atoms with Gasteiger partial charge in [0, 0.05) is 25.3 Å². The van der Waals surface area contributed by atoms with Gasteiger partial charge >= 0.3 is 5.97 Å². The Morgan fingerprint density at radius 2 is 2.05 bits per heavy atom. The number of rotatable bonds is 4. The highest BCUT2D eigenvalue weighted by Gasteiger charge is 2.61. The minimum Gasteiger partial charge on any atom is -0.466 e. The van der Waals surface area contributed by atoms with Gasteiger partial charge in [-0.25, -0.2) is 4.98 Å². The highest BCUT2D eigenvalue weighted by Crippen LogP contribution is 2.52. The molecule has 6 nitrogen and oxygen atoms in total. The number of fused-ring (bicyclic) bond motifs is 1. The first kappa shape index (κ1) is 14.1. The molecule has 1 aliphatic carbocycles. The molecule has 0 N–H and O–H groups in total. The Morgan fingerprint density at radius 3 is 2.57 bits per heavy atom. The van der Waals surface area contributed by atoms with Crippen LogP contribution in [0.1, 0.15) is 37.3 Å². The Morgan fingerprint density at radius 1 is 1.38 bits per heavy atom. The number of nitrogens with zero attached hydrogens (tertiary/aromatic N) is 3. The number of aromatic nitrogens is 2. The number of amides is 1. The molecule has 0 aromatic carbocycles. The first-order valence-electron chi connectivity index (χ1n) is 7.52. The van der Waals surface area contributed by atoms with Crippen LogP contribution >= 0.6 is 0 Å². The molecule has 0 spiro atoms. The third kappa shape index (κ3) is 2.43. The zero-order valence-corrected chi connectivity index (χ0v) is 12.7. The molecular weight excluding hydrogens is 270 g/mol. The number of hydrogen-bond acceptors (Lipinski definition) is 4. The maximum atomic E-state index is 12.4. The summed E-state index contributed by atoms with van der Waals surface area (Å²) in [6, 6.07) is 0.291. The Hall–Kier alpha value is -1.85. The smallest absolute Gasteiger partial charge is 0.309 e. The summed E-state index contributed by atoms with van der Waals surface area (Å²) in [5.74, 6) is 0.412. The Kier molecular flexibility index (Phi) is 3.47. The molecule has 1 aromatic heterocycles. The number of imidazole rings is 1. The fourth-order valence-corrected chi connectivity index (χ4v) is 3.17. The van der Waals surface area contributed by atoms with E-state index in [1.54, 1.807) is 17.4 Å². The van der Waals surface area contributed by atoms with E-state index in [0.29, 0.717) is 31.4 Å². The first-order valence-corrected chi connectivity index (χ1v) is 7.52. The molecule has 3 rings (SSSR count). The van der Waals surface area contributed by atoms with Gasteiger partial charge in [-0.3, -0.25) is 9.59 Å². The van der Waals surface area contributed by atoms with Crippen molar-refractivity contribution in [3.05, 3.63) is 18.2 Å². The average molecular weight is 291 g/mol. The van der Waals surface area contributed by atoms with Crippen molar-refractivity contribution in [1.29, 1.82) is 0 Å². The maximum absolute atomic E-state index is 12.4. The predicted molar refractivity (Wildman–Crippen MR) is 75.6 cm³/mol. The highest BCUT2D eigenvalue weighted by atomic mass is 16.5. The van der Waals surface area contributed by atoms with Crippen molar-refractivity contribution in [1.82, 2.24) is 14.5 Å². The fraction of sp³-hybridized carbons (Fsp3) is 0.667. The van der Waals surface area contributed by atoms with E-state index in [1.165, 1.54) is 0 Å². The van der Waals surface area contributed by atoms with Crippen molar-refractivity contribution in [2.45, 2.75) is 26.8 Å². The molecule has 21 heavy (non-hydrogen) atoms. The highest BCUT2D eigenvalue weighted by molar-refractivity contribution is 5.92. The van der Waals surface area contributed by atoms with E-state index in [-0.39, 0.29) is 29.6 Å². The first-order chi connectivity index (χ1) is 10.0. The summed E-state index contributed by atoms with van der Waals surface area (Å²) in [6.07, 6.45) is 3.48. The second kappa shape index (κ2) is 5.16. The van der Waals surface area contributed by atoms with Gasteiger partial charge in [0.15, 0.2) is 0 Å². The van der Waals surface area contributed by atoms with E-state index in [4.69, 9.17) is 4.74 Å². The SMILES string of the molecule is CCOC(=O)[C@@H]1[C@@H]2CN(C(=O)c3cn(C(C)C)cn3)C[C@@H]21. The molecule has 2 fully saturated rings. The van der Waals surface area contributed by atoms with Crippen LogP contribution in [0, 0.1) is 17.8 Å². The van der Waals surface area contributed by atoms with Crippen molar-refractivity contribution in [2.24, 2.45) is 17.8 Å². The van der Waals surface area contributed by atoms with Crippen LogP contribution in [-0.2, 0) is 9.53 Å². The molecule has 0 radical (unpaired) electrons. The lowest BCUT2D eigenvalue weighted by atomic mass is 10.2. The summed E-state index contributed by atoms with van der Waals surface area (Å²) in [5, 5.41) is 0. The second-order valence-corrected chi connectivity index (χ2v) is 6.12. The van der Waals surface area contributed by atoms with Crippen LogP contribution in [0.5, 0.6) is 0 Å². The maximum Gasteiger partial charge on any atom is 0.309 e. The molecule has 1 saturated heterocycles. The van der Waals surface area contributed by atoms with Gasteiger partial charge in [0.1, 0.15) is 5.69 Å². The lowest BCUT2D eigenvalue weighted by Gasteiger charge is -2.18. The average Bonchev–Trinajstić information content (AvgIpc) is 2.87. The van der Waals surface area contributed by atoms with Crippen molar-refractivity contribution >= 4 is 11.9 Å². The molecule has 1 aromatic rings. The molecular formula is C15H21N3O3. The van der Waals surface area contributed by atoms with E-state index in [2.05, 4.69) is 4.98 Å². The van der Waals surface area contributed by atoms with E-state index in [1.807, 2.05) is 25.3 Å². The molecule has 1 aliphatic heterocycles. The van der Waals surface area contributed by atoms with Gasteiger partial charge in [-0.15, -0.1) is 0 Å². The summed E-state index contributed by atoms with van der Waals surface area (Å²) in [5.41, 5.74) is 0.484. The summed E-state index contributed by atoms with van der Waals surface area (Å²) in [4.78, 5) is 30.1. The third-order valence-corrected chi connectivity index (χ3v) is 4.46. The van der Waals surface area contributed by atoms with Crippen LogP contribution in [0.2, 0.25) is 0 Å². The largest absolute Gasteiger partial charge is 0.466 e. The molecule has 114 valence electrons. The Bertz CT molecular complexity index is 554. The number of hydrogen-bond donors (Lipinski definition) is 0. The summed E-state index contributed by atoms with van der Waals surface area (Å²) in [6.45, 7) is 7.61. The minimum absolute atomic E-state index is 0.00206. The molecule has 1 amide bonds. The third-order valence-electron chi connectivity index (χ3n) is 4.46. The molecule has 0 unspecified atom stereocenters. The van der Waals surface area contributed by atoms with E-state index in [0.717, 1.165) is 0 Å². The van der Waals surface area contributed by atoms with Gasteiger partial charge in [0.2, 0.25) is 0 Å². The quantitative estimate of drug-likeness (QED) is 0.785. The van der Waals surface area contributed by atoms with Crippen LogP contribution in [0.4, 0.5) is 0 Å². The van der Waals surface area contributed by atoms with Gasteiger partial charge in [-0.2, -0.15) is 0 Å². The summed E-state index contributed by atoms with van der Waals surface area (Å²) in [7, 11) is 0. The molecule has 2 heterocycles. The summed E-state index contributed by atoms with van der Waals surface area (Å²) >= 11 is 0. The minimum atomic E-state index is -0.108. The zero-order valence-electron chi connectivity index (χ0n) is 12.7. The Balaban J connectivity index is 1.59. The van der Waals surface area contributed by atoms with Crippen molar-refractivity contribution < 1.29 is 14.3 Å². The summed E-state index contributed by atoms with van der Waals surface area (Å²) < 4.78 is 6.98. The normalized spacial score (nSPS) is 26.9. The topological polar surface area (TPSA) is 64.4 Å². The van der Waals surface area contributed by atoms with Gasteiger partial charge in [-0.1, -0.05) is 0 Å². The van der Waals surface area contributed by atoms with Gasteiger partial charge in [0.25, 0.3) is 5.91 Å². The van der Waals surface area contributed by atoms with Crippen molar-refractivity contribution in [2.75, 3.05) is 19.7 Å². The molecule has 1 saturated carbocycles. The van der Waals surface area contributed by atoms with E-state index < -0.39 is 0 Å². The number of esters is 1. The number of likely N-dealkylation sites (tertiary alicyclic amines) is 1. The van der Waals surface area contributed by atoms with Crippen molar-refractivity contribution in [3.63, 3.8) is 0 Å². The fourth-order valence-electron chi connectivity index (χ4n) is 3.17. The van der Waals surface area contributed by atoms with Crippen LogP contribution in [0.25, 0.3) is 0 Å². The van der Waals surface area contributed by atoms with Gasteiger partial charge in [0.05, 0.1) is 18.9 Å². The molecule has 3 atom stereocenters. The lowest BCUT2D eigenvalue weighted by molar-refractivity contribution is -0.145. The predicted octanol–water partition coefficient (Wildman–Crippen LogP) is 1.35. The number of piperidine rings is 1. The number of ether oxygens (including phenoxy) is 1. The van der Waals surface area contributed by atoms with Crippen molar-refractivity contribution in [3.8, 4) is 0 Å². The standard InChI is InChI=1S/C15H21N3O3/c1-4-21-15(20)13-10-5-17(6-11(10)13)14(19)12-7-18(8-16-12)9(2)3/h7-11,13H,4-6H2,1-3H3/t10-,11+,13-. The van der Waals surface area contributed by atoms with E-state index in [9.17, 15) is 9.59 Å². The van der Waals surface area contributed by atoms with Crippen LogP contribution in [0.15, 0.2) is 12.5 Å². The Labute approximate surface area is 124 Å². The van der Waals surface area contributed by atoms with Gasteiger partial charge < -0.3 is 14.2 Å². The lowest BCUT2D eigenvalue weighted by Crippen LogP contribution is -2.33. The number of carbonyl (C=O) groups is 2. The second-order valence-electron chi connectivity index (χ2n) is 6.12. The van der Waals surface area contributed by atoms with E-state index >= 15 is 0 Å². The molecule has 6 heteroatoms. The van der Waals surface area contributed by atoms with Gasteiger partial charge in [-0.05, 0) is 32.6 Å². The molecule has 2 aliphatic rings. The van der Waals surface area contributed by atoms with Crippen LogP contribution in [-0.4, -0.2) is 46.0 Å². The number of carbonyl (C=O) groups excluding carboxylic acids is 2.